The van der Waals surface area contributed by atoms with E-state index in [0.717, 1.165) is 11.3 Å². The number of nitrogens with zero attached hydrogens (tertiary/aromatic N) is 1. The Hall–Kier alpha value is -0.420. The van der Waals surface area contributed by atoms with Crippen molar-refractivity contribution in [3.63, 3.8) is 0 Å². The molecule has 1 heterocycles. The summed E-state index contributed by atoms with van der Waals surface area (Å²) in [6, 6.07) is 4.63. The maximum Gasteiger partial charge on any atom is 0.168 e. The van der Waals surface area contributed by atoms with Gasteiger partial charge in [0, 0.05) is 12.1 Å². The average Bonchev–Trinajstić information content (AvgIpc) is 3.14. The molecule has 0 radical (unpaired) electrons. The van der Waals surface area contributed by atoms with Gasteiger partial charge in [0.05, 0.1) is 0 Å². The lowest BCUT2D eigenvalue weighted by Crippen LogP contribution is -2.26. The summed E-state index contributed by atoms with van der Waals surface area (Å²) in [5.74, 6) is 0. The van der Waals surface area contributed by atoms with E-state index in [4.69, 9.17) is 0 Å². The third kappa shape index (κ3) is 4.52. The highest BCUT2D eigenvalue weighted by Gasteiger charge is 2.32. The molecule has 0 aromatic carbocycles. The Kier molecular flexibility index (Phi) is 6.68. The normalized spacial score (nSPS) is 20.1. The molecule has 0 spiro atoms. The van der Waals surface area contributed by atoms with Crippen LogP contribution < -0.4 is 4.57 Å². The van der Waals surface area contributed by atoms with Crippen molar-refractivity contribution in [3.8, 4) is 0 Å². The molecule has 2 aliphatic carbocycles. The number of rotatable bonds is 5. The molecule has 2 fully saturated rings. The first kappa shape index (κ1) is 16.9. The number of hydrogen-bond donors (Lipinski definition) is 0. The summed E-state index contributed by atoms with van der Waals surface area (Å²) in [5, 5.41) is 0. The van der Waals surface area contributed by atoms with Crippen LogP contribution in [0.5, 0.6) is 0 Å². The second kappa shape index (κ2) is 8.28. The Morgan fingerprint density at radius 2 is 1.43 bits per heavy atom. The van der Waals surface area contributed by atoms with Crippen molar-refractivity contribution in [2.75, 3.05) is 6.16 Å². The van der Waals surface area contributed by atoms with E-state index in [1.165, 1.54) is 38.3 Å². The molecule has 1 aromatic rings. The van der Waals surface area contributed by atoms with Crippen LogP contribution in [0, 0.1) is 0 Å². The van der Waals surface area contributed by atoms with E-state index in [1.54, 1.807) is 31.2 Å². The van der Waals surface area contributed by atoms with Crippen LogP contribution >= 0.6 is 7.92 Å². The van der Waals surface area contributed by atoms with Crippen LogP contribution in [0.15, 0.2) is 24.5 Å². The van der Waals surface area contributed by atoms with E-state index in [2.05, 4.69) is 36.1 Å². The minimum absolute atomic E-state index is 0. The van der Waals surface area contributed by atoms with Crippen molar-refractivity contribution < 1.29 is 4.57 Å². The van der Waals surface area contributed by atoms with Crippen molar-refractivity contribution in [1.29, 1.82) is 0 Å². The van der Waals surface area contributed by atoms with E-state index in [-0.39, 0.29) is 7.43 Å². The van der Waals surface area contributed by atoms with Crippen LogP contribution in [0.25, 0.3) is 0 Å². The molecule has 0 bridgehead atoms. The van der Waals surface area contributed by atoms with Crippen molar-refractivity contribution in [1.82, 2.24) is 0 Å². The standard InChI is InChI=1S/C18H29NP.CH4/c1-19-13-10-16(11-14-19)12-15-20(17-6-2-3-7-17)18-8-4-5-9-18;/h10-11,13-14,17-18H,2-9,12,15H2,1H3;1H4/q+1;. The molecule has 0 aliphatic heterocycles. The van der Waals surface area contributed by atoms with Gasteiger partial charge in [-0.3, -0.25) is 0 Å². The predicted molar refractivity (Wildman–Crippen MR) is 94.4 cm³/mol. The van der Waals surface area contributed by atoms with Gasteiger partial charge in [0.25, 0.3) is 0 Å². The lowest BCUT2D eigenvalue weighted by Gasteiger charge is -2.30. The minimum atomic E-state index is 0. The van der Waals surface area contributed by atoms with Crippen LogP contribution in [0.4, 0.5) is 0 Å². The van der Waals surface area contributed by atoms with Gasteiger partial charge >= 0.3 is 0 Å². The van der Waals surface area contributed by atoms with E-state index < -0.39 is 0 Å². The van der Waals surface area contributed by atoms with Gasteiger partial charge < -0.3 is 0 Å². The molecule has 118 valence electrons. The first-order valence-corrected chi connectivity index (χ1v) is 10.2. The zero-order valence-electron chi connectivity index (χ0n) is 12.9. The molecule has 0 unspecified atom stereocenters. The molecule has 3 rings (SSSR count). The smallest absolute Gasteiger partial charge is 0.168 e. The lowest BCUT2D eigenvalue weighted by molar-refractivity contribution is -0.671. The summed E-state index contributed by atoms with van der Waals surface area (Å²) in [4.78, 5) is 0. The average molecular weight is 306 g/mol. The molecule has 1 nitrogen and oxygen atoms in total. The fourth-order valence-electron chi connectivity index (χ4n) is 4.09. The van der Waals surface area contributed by atoms with Gasteiger partial charge in [0.2, 0.25) is 0 Å². The predicted octanol–water partition coefficient (Wildman–Crippen LogP) is 5.06. The van der Waals surface area contributed by atoms with E-state index in [1.807, 2.05) is 0 Å². The maximum atomic E-state index is 2.32. The van der Waals surface area contributed by atoms with Crippen LogP contribution in [0.2, 0.25) is 0 Å². The topological polar surface area (TPSA) is 3.88 Å². The second-order valence-corrected chi connectivity index (χ2v) is 9.67. The zero-order valence-corrected chi connectivity index (χ0v) is 13.8. The maximum absolute atomic E-state index is 2.32. The van der Waals surface area contributed by atoms with Gasteiger partial charge in [-0.1, -0.05) is 33.1 Å². The number of hydrogen-bond acceptors (Lipinski definition) is 0. The summed E-state index contributed by atoms with van der Waals surface area (Å²) in [7, 11) is 2.40. The fraction of sp³-hybridized carbons (Fsp3) is 0.737. The summed E-state index contributed by atoms with van der Waals surface area (Å²) in [5.41, 5.74) is 3.78. The van der Waals surface area contributed by atoms with E-state index in [9.17, 15) is 0 Å². The number of pyridine rings is 1. The fourth-order valence-corrected chi connectivity index (χ4v) is 7.99. The van der Waals surface area contributed by atoms with Crippen LogP contribution in [-0.4, -0.2) is 17.5 Å². The Bertz CT molecular complexity index is 386. The molecular formula is C19H33NP+. The molecular weight excluding hydrogens is 273 g/mol. The zero-order chi connectivity index (χ0) is 13.8. The van der Waals surface area contributed by atoms with Gasteiger partial charge in [0.1, 0.15) is 7.05 Å². The highest BCUT2D eigenvalue weighted by Crippen LogP contribution is 2.57. The van der Waals surface area contributed by atoms with Gasteiger partial charge in [-0.15, -0.1) is 7.92 Å². The largest absolute Gasteiger partial charge is 0.208 e. The lowest BCUT2D eigenvalue weighted by atomic mass is 10.2. The highest BCUT2D eigenvalue weighted by atomic mass is 31.1. The van der Waals surface area contributed by atoms with Gasteiger partial charge in [0.15, 0.2) is 12.4 Å². The quantitative estimate of drug-likeness (QED) is 0.529. The molecule has 0 saturated heterocycles. The van der Waals surface area contributed by atoms with E-state index in [0.29, 0.717) is 7.92 Å². The highest BCUT2D eigenvalue weighted by molar-refractivity contribution is 7.59. The Labute approximate surface area is 132 Å². The summed E-state index contributed by atoms with van der Waals surface area (Å²) < 4.78 is 2.14. The number of aromatic nitrogens is 1. The van der Waals surface area contributed by atoms with Crippen LogP contribution in [0.3, 0.4) is 0 Å². The molecule has 0 atom stereocenters. The SMILES string of the molecule is C.C[n+]1ccc(CCP(C2CCCC2)C2CCCC2)cc1. The Morgan fingerprint density at radius 3 is 1.90 bits per heavy atom. The summed E-state index contributed by atoms with van der Waals surface area (Å²) >= 11 is 0. The van der Waals surface area contributed by atoms with Gasteiger partial charge in [-0.05, 0) is 55.1 Å². The van der Waals surface area contributed by atoms with Crippen molar-refractivity contribution in [2.24, 2.45) is 7.05 Å². The third-order valence-electron chi connectivity index (χ3n) is 5.29. The third-order valence-corrected chi connectivity index (χ3v) is 8.94. The summed E-state index contributed by atoms with van der Waals surface area (Å²) in [6.45, 7) is 0. The molecule has 0 amide bonds. The second-order valence-electron chi connectivity index (χ2n) is 6.74. The molecule has 0 N–H and O–H groups in total. The number of aryl methyl sites for hydroxylation is 2. The first-order valence-electron chi connectivity index (χ1n) is 8.53. The van der Waals surface area contributed by atoms with Crippen LogP contribution in [-0.2, 0) is 13.5 Å². The molecule has 21 heavy (non-hydrogen) atoms. The summed E-state index contributed by atoms with van der Waals surface area (Å²) in [6.07, 6.45) is 19.4. The minimum Gasteiger partial charge on any atom is -0.208 e. The van der Waals surface area contributed by atoms with E-state index >= 15 is 0 Å². The van der Waals surface area contributed by atoms with Crippen molar-refractivity contribution in [3.05, 3.63) is 30.1 Å². The van der Waals surface area contributed by atoms with Crippen molar-refractivity contribution >= 4 is 7.92 Å². The van der Waals surface area contributed by atoms with Crippen molar-refractivity contribution in [2.45, 2.75) is 76.5 Å². The molecule has 2 saturated carbocycles. The molecule has 1 aromatic heterocycles. The van der Waals surface area contributed by atoms with Gasteiger partial charge in [-0.2, -0.15) is 0 Å². The monoisotopic (exact) mass is 306 g/mol. The van der Waals surface area contributed by atoms with Crippen LogP contribution in [0.1, 0.15) is 64.4 Å². The van der Waals surface area contributed by atoms with Gasteiger partial charge in [-0.25, -0.2) is 4.57 Å². The first-order chi connectivity index (χ1) is 9.83. The molecule has 2 heteroatoms. The molecule has 2 aliphatic rings. The Balaban J connectivity index is 0.00000161. The Morgan fingerprint density at radius 1 is 0.952 bits per heavy atom.